The first-order chi connectivity index (χ1) is 7.45. The number of aromatic nitrogens is 1. The van der Waals surface area contributed by atoms with Gasteiger partial charge >= 0.3 is 0 Å². The first-order valence-electron chi connectivity index (χ1n) is 5.00. The van der Waals surface area contributed by atoms with Crippen LogP contribution in [0.3, 0.4) is 0 Å². The van der Waals surface area contributed by atoms with Crippen molar-refractivity contribution < 1.29 is 8.42 Å². The molecule has 86 valence electrons. The summed E-state index contributed by atoms with van der Waals surface area (Å²) >= 11 is 0. The molecule has 16 heavy (non-hydrogen) atoms. The molecule has 0 atom stereocenters. The van der Waals surface area contributed by atoms with E-state index in [0.29, 0.717) is 11.1 Å². The van der Waals surface area contributed by atoms with Crippen molar-refractivity contribution in [3.8, 4) is 0 Å². The summed E-state index contributed by atoms with van der Waals surface area (Å²) in [6.45, 7) is 3.74. The Labute approximate surface area is 98.8 Å². The normalized spacial score (nSPS) is 12.2. The van der Waals surface area contributed by atoms with Crippen LogP contribution >= 0.6 is 10.7 Å². The van der Waals surface area contributed by atoms with Gasteiger partial charge in [-0.2, -0.15) is 0 Å². The topological polar surface area (TPSA) is 49.9 Å². The van der Waals surface area contributed by atoms with E-state index in [1.54, 1.807) is 13.0 Å². The number of aromatic amines is 1. The lowest BCUT2D eigenvalue weighted by Gasteiger charge is -1.99. The van der Waals surface area contributed by atoms with Gasteiger partial charge in [0.1, 0.15) is 4.90 Å². The Morgan fingerprint density at radius 2 is 2.06 bits per heavy atom. The smallest absolute Gasteiger partial charge is 0.263 e. The third kappa shape index (κ3) is 1.72. The molecule has 1 N–H and O–H groups in total. The van der Waals surface area contributed by atoms with E-state index >= 15 is 0 Å². The molecule has 3 nitrogen and oxygen atoms in total. The summed E-state index contributed by atoms with van der Waals surface area (Å²) in [7, 11) is 1.73. The molecule has 2 aromatic rings. The van der Waals surface area contributed by atoms with Gasteiger partial charge in [-0.15, -0.1) is 0 Å². The number of para-hydroxylation sites is 1. The largest absolute Gasteiger partial charge is 0.357 e. The number of H-pyrrole nitrogens is 1. The lowest BCUT2D eigenvalue weighted by molar-refractivity contribution is 0.610. The van der Waals surface area contributed by atoms with Gasteiger partial charge in [-0.3, -0.25) is 0 Å². The summed E-state index contributed by atoms with van der Waals surface area (Å²) in [5.74, 6) is 0. The van der Waals surface area contributed by atoms with Crippen molar-refractivity contribution in [1.82, 2.24) is 4.98 Å². The molecule has 0 saturated heterocycles. The molecule has 0 aliphatic heterocycles. The van der Waals surface area contributed by atoms with Crippen LogP contribution in [0.25, 0.3) is 10.9 Å². The second kappa shape index (κ2) is 3.79. The van der Waals surface area contributed by atoms with Gasteiger partial charge in [-0.1, -0.05) is 25.1 Å². The average molecular weight is 258 g/mol. The summed E-state index contributed by atoms with van der Waals surface area (Å²) < 4.78 is 22.9. The van der Waals surface area contributed by atoms with Gasteiger partial charge in [-0.25, -0.2) is 8.42 Å². The molecule has 1 aromatic carbocycles. The van der Waals surface area contributed by atoms with Gasteiger partial charge in [-0.05, 0) is 18.9 Å². The second-order valence-electron chi connectivity index (χ2n) is 3.71. The SMILES string of the molecule is CCc1cccc2c(S(=O)(=O)Cl)c(C)[nH]c12. The Bertz CT molecular complexity index is 643. The van der Waals surface area contributed by atoms with Crippen molar-refractivity contribution in [1.29, 1.82) is 0 Å². The first-order valence-corrected chi connectivity index (χ1v) is 7.31. The lowest BCUT2D eigenvalue weighted by atomic mass is 10.1. The van der Waals surface area contributed by atoms with E-state index in [-0.39, 0.29) is 4.90 Å². The summed E-state index contributed by atoms with van der Waals surface area (Å²) in [4.78, 5) is 3.28. The number of halogens is 1. The summed E-state index contributed by atoms with van der Waals surface area (Å²) in [6.07, 6.45) is 0.846. The fourth-order valence-corrected chi connectivity index (χ4v) is 3.44. The number of benzene rings is 1. The zero-order valence-corrected chi connectivity index (χ0v) is 10.6. The highest BCUT2D eigenvalue weighted by Crippen LogP contribution is 2.30. The van der Waals surface area contributed by atoms with Crippen LogP contribution in [0.2, 0.25) is 0 Å². The molecule has 1 heterocycles. The number of nitrogens with one attached hydrogen (secondary N) is 1. The molecule has 0 unspecified atom stereocenters. The highest BCUT2D eigenvalue weighted by atomic mass is 35.7. The Balaban J connectivity index is 2.92. The second-order valence-corrected chi connectivity index (χ2v) is 6.21. The van der Waals surface area contributed by atoms with Crippen LogP contribution in [0.15, 0.2) is 23.1 Å². The van der Waals surface area contributed by atoms with Crippen LogP contribution in [-0.2, 0) is 15.5 Å². The van der Waals surface area contributed by atoms with Gasteiger partial charge < -0.3 is 4.98 Å². The fraction of sp³-hybridized carbons (Fsp3) is 0.273. The van der Waals surface area contributed by atoms with E-state index in [4.69, 9.17) is 10.7 Å². The van der Waals surface area contributed by atoms with Crippen LogP contribution in [0, 0.1) is 6.92 Å². The molecule has 0 spiro atoms. The summed E-state index contributed by atoms with van der Waals surface area (Å²) in [5, 5.41) is 0.673. The predicted octanol–water partition coefficient (Wildman–Crippen LogP) is 2.97. The van der Waals surface area contributed by atoms with E-state index in [1.807, 2.05) is 19.1 Å². The van der Waals surface area contributed by atoms with Crippen molar-refractivity contribution in [3.63, 3.8) is 0 Å². The lowest BCUT2D eigenvalue weighted by Crippen LogP contribution is -1.91. The van der Waals surface area contributed by atoms with Crippen LogP contribution in [0.5, 0.6) is 0 Å². The predicted molar refractivity (Wildman–Crippen MR) is 65.5 cm³/mol. The molecule has 0 radical (unpaired) electrons. The van der Waals surface area contributed by atoms with Crippen molar-refractivity contribution in [2.24, 2.45) is 0 Å². The highest BCUT2D eigenvalue weighted by Gasteiger charge is 2.20. The van der Waals surface area contributed by atoms with Crippen molar-refractivity contribution in [2.75, 3.05) is 0 Å². The fourth-order valence-electron chi connectivity index (χ4n) is 1.99. The van der Waals surface area contributed by atoms with Gasteiger partial charge in [0.15, 0.2) is 0 Å². The molecule has 0 saturated carbocycles. The minimum atomic E-state index is -3.70. The Morgan fingerprint density at radius 3 is 2.62 bits per heavy atom. The number of rotatable bonds is 2. The molecule has 5 heteroatoms. The van der Waals surface area contributed by atoms with Gasteiger partial charge in [0.25, 0.3) is 9.05 Å². The number of aryl methyl sites for hydroxylation is 2. The maximum atomic E-state index is 11.5. The molecule has 0 aliphatic rings. The van der Waals surface area contributed by atoms with Crippen molar-refractivity contribution in [2.45, 2.75) is 25.2 Å². The third-order valence-electron chi connectivity index (χ3n) is 2.67. The Morgan fingerprint density at radius 1 is 1.38 bits per heavy atom. The van der Waals surface area contributed by atoms with Gasteiger partial charge in [0.05, 0.1) is 5.52 Å². The van der Waals surface area contributed by atoms with Gasteiger partial charge in [0.2, 0.25) is 0 Å². The number of fused-ring (bicyclic) bond motifs is 1. The molecule has 0 amide bonds. The first kappa shape index (κ1) is 11.5. The maximum absolute atomic E-state index is 11.5. The summed E-state index contributed by atoms with van der Waals surface area (Å²) in [5.41, 5.74) is 2.54. The van der Waals surface area contributed by atoms with E-state index in [0.717, 1.165) is 17.5 Å². The average Bonchev–Trinajstić information content (AvgIpc) is 2.52. The minimum absolute atomic E-state index is 0.194. The van der Waals surface area contributed by atoms with E-state index in [9.17, 15) is 8.42 Å². The number of hydrogen-bond acceptors (Lipinski definition) is 2. The zero-order valence-electron chi connectivity index (χ0n) is 9.04. The molecule has 2 rings (SSSR count). The standard InChI is InChI=1S/C11H12ClNO2S/c1-3-8-5-4-6-9-10(8)13-7(2)11(9)16(12,14)15/h4-6,13H,3H2,1-2H3. The highest BCUT2D eigenvalue weighted by molar-refractivity contribution is 8.14. The van der Waals surface area contributed by atoms with Crippen molar-refractivity contribution >= 4 is 30.6 Å². The quantitative estimate of drug-likeness (QED) is 0.841. The number of hydrogen-bond donors (Lipinski definition) is 1. The van der Waals surface area contributed by atoms with Gasteiger partial charge in [0, 0.05) is 21.8 Å². The molecular formula is C11H12ClNO2S. The van der Waals surface area contributed by atoms with E-state index < -0.39 is 9.05 Å². The zero-order chi connectivity index (χ0) is 11.9. The monoisotopic (exact) mass is 257 g/mol. The molecular weight excluding hydrogens is 246 g/mol. The maximum Gasteiger partial charge on any atom is 0.263 e. The minimum Gasteiger partial charge on any atom is -0.357 e. The van der Waals surface area contributed by atoms with Crippen LogP contribution in [0.1, 0.15) is 18.2 Å². The van der Waals surface area contributed by atoms with Crippen LogP contribution in [0.4, 0.5) is 0 Å². The van der Waals surface area contributed by atoms with E-state index in [2.05, 4.69) is 4.98 Å². The summed E-state index contributed by atoms with van der Waals surface area (Å²) in [6, 6.07) is 5.59. The molecule has 0 fully saturated rings. The Hall–Kier alpha value is -1.00. The third-order valence-corrected chi connectivity index (χ3v) is 4.15. The van der Waals surface area contributed by atoms with Crippen LogP contribution in [-0.4, -0.2) is 13.4 Å². The molecule has 1 aromatic heterocycles. The molecule has 0 bridgehead atoms. The van der Waals surface area contributed by atoms with Crippen LogP contribution < -0.4 is 0 Å². The Kier molecular flexibility index (Phi) is 2.72. The molecule has 0 aliphatic carbocycles. The van der Waals surface area contributed by atoms with Crippen molar-refractivity contribution in [3.05, 3.63) is 29.5 Å². The van der Waals surface area contributed by atoms with E-state index in [1.165, 1.54) is 0 Å².